The van der Waals surface area contributed by atoms with Crippen molar-refractivity contribution in [1.82, 2.24) is 0 Å². The molecule has 1 unspecified atom stereocenters. The molecule has 3 aromatic carbocycles. The molecular formula is C26H24F3NO6. The van der Waals surface area contributed by atoms with Gasteiger partial charge in [0, 0.05) is 10.8 Å². The first-order valence-electron chi connectivity index (χ1n) is 11.4. The van der Waals surface area contributed by atoms with Crippen LogP contribution in [0.1, 0.15) is 41.6 Å². The zero-order valence-corrected chi connectivity index (χ0v) is 19.6. The fourth-order valence-electron chi connectivity index (χ4n) is 4.29. The summed E-state index contributed by atoms with van der Waals surface area (Å²) in [5.41, 5.74) is -0.127. The lowest BCUT2D eigenvalue weighted by molar-refractivity contribution is -0.142. The zero-order chi connectivity index (χ0) is 26.0. The van der Waals surface area contributed by atoms with Crippen LogP contribution < -0.4 is 14.4 Å². The van der Waals surface area contributed by atoms with Crippen molar-refractivity contribution >= 4 is 28.3 Å². The highest BCUT2D eigenvalue weighted by Crippen LogP contribution is 2.50. The minimum atomic E-state index is -2.80. The molecule has 7 nitrogen and oxygen atoms in total. The molecule has 1 aliphatic heterocycles. The van der Waals surface area contributed by atoms with E-state index in [2.05, 4.69) is 0 Å². The van der Waals surface area contributed by atoms with Crippen LogP contribution in [0.2, 0.25) is 0 Å². The summed E-state index contributed by atoms with van der Waals surface area (Å²) < 4.78 is 57.3. The molecule has 1 amide bonds. The van der Waals surface area contributed by atoms with Crippen molar-refractivity contribution in [3.8, 4) is 11.5 Å². The minimum absolute atomic E-state index is 0.0854. The number of anilines is 1. The monoisotopic (exact) mass is 503 g/mol. The Labute approximate surface area is 205 Å². The van der Waals surface area contributed by atoms with Gasteiger partial charge in [-0.05, 0) is 31.5 Å². The first-order valence-corrected chi connectivity index (χ1v) is 11.4. The SMILES string of the molecule is CCOC(=O)Cc1ccc(N2C(=O)c3c(c(OCC(F)F)c4ccccc4c3OCC)C2O)c(F)c1. The Morgan fingerprint density at radius 1 is 1.06 bits per heavy atom. The summed E-state index contributed by atoms with van der Waals surface area (Å²) in [6.07, 6.45) is -4.72. The maximum absolute atomic E-state index is 15.2. The fraction of sp³-hybridized carbons (Fsp3) is 0.308. The standard InChI is InChI=1S/C26H24F3NO6/c1-3-34-20(31)12-14-9-10-18(17(27)11-14)30-25(32)21-22(26(30)33)24(36-13-19(28)29)16-8-6-5-7-15(16)23(21)35-4-2/h5-11,19,26,33H,3-4,12-13H2,1-2H3. The van der Waals surface area contributed by atoms with Crippen LogP contribution in [-0.4, -0.2) is 43.2 Å². The number of ether oxygens (including phenoxy) is 3. The summed E-state index contributed by atoms with van der Waals surface area (Å²) >= 11 is 0. The quantitative estimate of drug-likeness (QED) is 0.423. The van der Waals surface area contributed by atoms with E-state index in [1.807, 2.05) is 0 Å². The number of nitrogens with zero attached hydrogens (tertiary/aromatic N) is 1. The van der Waals surface area contributed by atoms with Crippen LogP contribution in [0.5, 0.6) is 11.5 Å². The maximum Gasteiger partial charge on any atom is 0.310 e. The molecule has 1 N–H and O–H groups in total. The predicted octanol–water partition coefficient (Wildman–Crippen LogP) is 4.78. The highest BCUT2D eigenvalue weighted by Gasteiger charge is 2.44. The molecule has 0 bridgehead atoms. The van der Waals surface area contributed by atoms with Gasteiger partial charge in [0.1, 0.15) is 23.9 Å². The molecule has 1 heterocycles. The second-order valence-electron chi connectivity index (χ2n) is 7.94. The zero-order valence-electron chi connectivity index (χ0n) is 19.6. The third-order valence-corrected chi connectivity index (χ3v) is 5.66. The van der Waals surface area contributed by atoms with Gasteiger partial charge < -0.3 is 19.3 Å². The Kier molecular flexibility index (Phi) is 7.35. The summed E-state index contributed by atoms with van der Waals surface area (Å²) in [6, 6.07) is 10.4. The van der Waals surface area contributed by atoms with Gasteiger partial charge >= 0.3 is 5.97 Å². The number of benzene rings is 3. The first kappa shape index (κ1) is 25.3. The Morgan fingerprint density at radius 3 is 2.36 bits per heavy atom. The molecule has 0 aromatic heterocycles. The van der Waals surface area contributed by atoms with E-state index in [4.69, 9.17) is 14.2 Å². The largest absolute Gasteiger partial charge is 0.492 e. The Morgan fingerprint density at radius 2 is 1.75 bits per heavy atom. The van der Waals surface area contributed by atoms with Crippen LogP contribution in [0.4, 0.5) is 18.9 Å². The molecule has 3 aromatic rings. The average molecular weight is 503 g/mol. The predicted molar refractivity (Wildman–Crippen MR) is 125 cm³/mol. The number of amides is 1. The van der Waals surface area contributed by atoms with Gasteiger partial charge in [-0.15, -0.1) is 0 Å². The van der Waals surface area contributed by atoms with Gasteiger partial charge in [0.25, 0.3) is 12.3 Å². The minimum Gasteiger partial charge on any atom is -0.492 e. The van der Waals surface area contributed by atoms with E-state index in [1.165, 1.54) is 12.1 Å². The number of hydrogen-bond acceptors (Lipinski definition) is 6. The molecule has 0 saturated carbocycles. The van der Waals surface area contributed by atoms with E-state index in [1.54, 1.807) is 38.1 Å². The maximum atomic E-state index is 15.2. The van der Waals surface area contributed by atoms with E-state index in [0.29, 0.717) is 16.3 Å². The number of esters is 1. The molecule has 1 atom stereocenters. The van der Waals surface area contributed by atoms with Gasteiger partial charge in [-0.3, -0.25) is 14.5 Å². The number of hydrogen-bond donors (Lipinski definition) is 1. The lowest BCUT2D eigenvalue weighted by Crippen LogP contribution is -2.28. The first-order chi connectivity index (χ1) is 17.3. The third kappa shape index (κ3) is 4.56. The number of carbonyl (C=O) groups excluding carboxylic acids is 2. The highest BCUT2D eigenvalue weighted by atomic mass is 19.3. The Bertz CT molecular complexity index is 1310. The summed E-state index contributed by atoms with van der Waals surface area (Å²) in [5, 5.41) is 12.0. The average Bonchev–Trinajstić information content (AvgIpc) is 3.09. The molecule has 0 aliphatic carbocycles. The van der Waals surface area contributed by atoms with Gasteiger partial charge in [0.2, 0.25) is 0 Å². The number of rotatable bonds is 9. The van der Waals surface area contributed by atoms with Gasteiger partial charge in [0.15, 0.2) is 6.23 Å². The summed E-state index contributed by atoms with van der Waals surface area (Å²) in [6.45, 7) is 2.74. The van der Waals surface area contributed by atoms with Crippen molar-refractivity contribution in [3.05, 3.63) is 65.0 Å². The van der Waals surface area contributed by atoms with Crippen molar-refractivity contribution < 1.29 is 42.1 Å². The topological polar surface area (TPSA) is 85.3 Å². The van der Waals surface area contributed by atoms with Gasteiger partial charge in [-0.1, -0.05) is 30.3 Å². The number of alkyl halides is 2. The van der Waals surface area contributed by atoms with Crippen molar-refractivity contribution in [2.45, 2.75) is 32.9 Å². The smallest absolute Gasteiger partial charge is 0.310 e. The summed E-state index contributed by atoms with van der Waals surface area (Å²) in [5.74, 6) is -2.16. The number of fused-ring (bicyclic) bond motifs is 2. The second kappa shape index (κ2) is 10.4. The van der Waals surface area contributed by atoms with Crippen LogP contribution in [0, 0.1) is 5.82 Å². The summed E-state index contributed by atoms with van der Waals surface area (Å²) in [4.78, 5) is 26.1. The second-order valence-corrected chi connectivity index (χ2v) is 7.94. The molecular weight excluding hydrogens is 479 g/mol. The van der Waals surface area contributed by atoms with E-state index < -0.39 is 37.0 Å². The molecule has 190 valence electrons. The number of aliphatic hydroxyl groups excluding tert-OH is 1. The van der Waals surface area contributed by atoms with Gasteiger partial charge in [-0.2, -0.15) is 0 Å². The van der Waals surface area contributed by atoms with Gasteiger partial charge in [0.05, 0.1) is 36.4 Å². The molecule has 0 fully saturated rings. The van der Waals surface area contributed by atoms with Crippen LogP contribution in [0.25, 0.3) is 10.8 Å². The van der Waals surface area contributed by atoms with Crippen LogP contribution in [-0.2, 0) is 16.0 Å². The number of halogens is 3. The van der Waals surface area contributed by atoms with Crippen molar-refractivity contribution in [2.75, 3.05) is 24.7 Å². The molecule has 36 heavy (non-hydrogen) atoms. The summed E-state index contributed by atoms with van der Waals surface area (Å²) in [7, 11) is 0. The van der Waals surface area contributed by atoms with Crippen LogP contribution >= 0.6 is 0 Å². The van der Waals surface area contributed by atoms with Crippen molar-refractivity contribution in [1.29, 1.82) is 0 Å². The molecule has 10 heteroatoms. The Balaban J connectivity index is 1.84. The normalized spacial score (nSPS) is 14.9. The van der Waals surface area contributed by atoms with E-state index in [0.717, 1.165) is 11.0 Å². The highest BCUT2D eigenvalue weighted by molar-refractivity contribution is 6.17. The fourth-order valence-corrected chi connectivity index (χ4v) is 4.29. The molecule has 0 saturated heterocycles. The van der Waals surface area contributed by atoms with Crippen molar-refractivity contribution in [3.63, 3.8) is 0 Å². The third-order valence-electron chi connectivity index (χ3n) is 5.66. The lowest BCUT2D eigenvalue weighted by atomic mass is 9.98. The molecule has 4 rings (SSSR count). The Hall–Kier alpha value is -3.79. The number of carbonyl (C=O) groups is 2. The number of aliphatic hydroxyl groups is 1. The van der Waals surface area contributed by atoms with E-state index >= 15 is 4.39 Å². The van der Waals surface area contributed by atoms with Crippen molar-refractivity contribution in [2.24, 2.45) is 0 Å². The van der Waals surface area contributed by atoms with Crippen LogP contribution in [0.3, 0.4) is 0 Å². The molecule has 0 spiro atoms. The van der Waals surface area contributed by atoms with Gasteiger partial charge in [-0.25, -0.2) is 13.2 Å². The molecule has 0 radical (unpaired) electrons. The lowest BCUT2D eigenvalue weighted by Gasteiger charge is -2.22. The van der Waals surface area contributed by atoms with E-state index in [-0.39, 0.29) is 47.9 Å². The molecule has 1 aliphatic rings. The van der Waals surface area contributed by atoms with Crippen LogP contribution in [0.15, 0.2) is 42.5 Å². The van der Waals surface area contributed by atoms with E-state index in [9.17, 15) is 23.5 Å².